The molecule has 0 aliphatic carbocycles. The van der Waals surface area contributed by atoms with E-state index in [-0.39, 0.29) is 24.7 Å². The third kappa shape index (κ3) is 3.79. The summed E-state index contributed by atoms with van der Waals surface area (Å²) >= 11 is 0. The summed E-state index contributed by atoms with van der Waals surface area (Å²) in [6, 6.07) is 8.14. The molecule has 0 fully saturated rings. The molecule has 0 bridgehead atoms. The van der Waals surface area contributed by atoms with Crippen LogP contribution in [-0.4, -0.2) is 47.3 Å². The molecule has 2 aromatic rings. The highest BCUT2D eigenvalue weighted by molar-refractivity contribution is 5.89. The smallest absolute Gasteiger partial charge is 0.337 e. The van der Waals surface area contributed by atoms with Crippen molar-refractivity contribution in [3.8, 4) is 11.5 Å². The number of methoxy groups -OCH3 is 1. The number of carbonyl (C=O) groups is 2. The van der Waals surface area contributed by atoms with Gasteiger partial charge in [0, 0.05) is 11.9 Å². The molecule has 0 radical (unpaired) electrons. The number of fused-ring (bicyclic) bond motifs is 1. The first kappa shape index (κ1) is 16.6. The van der Waals surface area contributed by atoms with Crippen molar-refractivity contribution in [3.63, 3.8) is 0 Å². The number of anilines is 1. The quantitative estimate of drug-likeness (QED) is 0.886. The molecule has 2 N–H and O–H groups in total. The number of pyridine rings is 1. The molecule has 1 aliphatic heterocycles. The topological polar surface area (TPSA) is 101 Å². The Kier molecular flexibility index (Phi) is 4.69. The maximum absolute atomic E-state index is 12.5. The van der Waals surface area contributed by atoms with Crippen LogP contribution in [-0.2, 0) is 6.54 Å². The minimum Gasteiger partial charge on any atom is -0.497 e. The second-order valence-electron chi connectivity index (χ2n) is 5.40. The number of carbonyl (C=O) groups excluding carboxylic acids is 1. The molecule has 0 saturated heterocycles. The van der Waals surface area contributed by atoms with Gasteiger partial charge in [-0.25, -0.2) is 9.59 Å². The van der Waals surface area contributed by atoms with Gasteiger partial charge < -0.3 is 24.8 Å². The number of hydrogen-bond donors (Lipinski definition) is 2. The minimum atomic E-state index is -1.07. The predicted molar refractivity (Wildman–Crippen MR) is 89.1 cm³/mol. The van der Waals surface area contributed by atoms with E-state index >= 15 is 0 Å². The third-order valence-corrected chi connectivity index (χ3v) is 3.77. The highest BCUT2D eigenvalue weighted by Gasteiger charge is 2.22. The first-order chi connectivity index (χ1) is 12.1. The molecule has 1 aromatic heterocycles. The highest BCUT2D eigenvalue weighted by atomic mass is 16.5. The van der Waals surface area contributed by atoms with Crippen LogP contribution in [0.2, 0.25) is 0 Å². The van der Waals surface area contributed by atoms with Crippen molar-refractivity contribution < 1.29 is 24.2 Å². The van der Waals surface area contributed by atoms with Crippen LogP contribution in [0.3, 0.4) is 0 Å². The van der Waals surface area contributed by atoms with Crippen molar-refractivity contribution in [1.82, 2.24) is 9.88 Å². The number of aromatic nitrogens is 1. The lowest BCUT2D eigenvalue weighted by Gasteiger charge is -2.20. The molecule has 2 heterocycles. The Balaban J connectivity index is 1.72. The number of carboxylic acids is 1. The predicted octanol–water partition coefficient (Wildman–Crippen LogP) is 2.21. The lowest BCUT2D eigenvalue weighted by atomic mass is 10.2. The van der Waals surface area contributed by atoms with Crippen LogP contribution in [0.5, 0.6) is 11.5 Å². The van der Waals surface area contributed by atoms with Gasteiger partial charge in [-0.05, 0) is 30.3 Å². The number of urea groups is 1. The lowest BCUT2D eigenvalue weighted by molar-refractivity contribution is 0.0696. The molecule has 0 spiro atoms. The Morgan fingerprint density at radius 1 is 1.32 bits per heavy atom. The Bertz CT molecular complexity index is 791. The average Bonchev–Trinajstić information content (AvgIpc) is 2.84. The average molecular weight is 343 g/mol. The van der Waals surface area contributed by atoms with Crippen molar-refractivity contribution in [2.24, 2.45) is 0 Å². The number of benzene rings is 1. The summed E-state index contributed by atoms with van der Waals surface area (Å²) in [5, 5.41) is 11.8. The van der Waals surface area contributed by atoms with Crippen LogP contribution in [0.15, 0.2) is 36.5 Å². The molecule has 0 atom stereocenters. The van der Waals surface area contributed by atoms with Crippen LogP contribution >= 0.6 is 0 Å². The van der Waals surface area contributed by atoms with Crippen molar-refractivity contribution in [1.29, 1.82) is 0 Å². The number of rotatable bonds is 3. The maximum Gasteiger partial charge on any atom is 0.337 e. The highest BCUT2D eigenvalue weighted by Crippen LogP contribution is 2.23. The first-order valence-corrected chi connectivity index (χ1v) is 7.62. The van der Waals surface area contributed by atoms with Crippen LogP contribution in [0.1, 0.15) is 16.1 Å². The zero-order valence-corrected chi connectivity index (χ0v) is 13.6. The molecule has 2 amide bonds. The number of amides is 2. The van der Waals surface area contributed by atoms with Gasteiger partial charge in [0.05, 0.1) is 25.8 Å². The van der Waals surface area contributed by atoms with E-state index in [4.69, 9.17) is 14.6 Å². The second kappa shape index (κ2) is 7.08. The van der Waals surface area contributed by atoms with Crippen molar-refractivity contribution in [2.45, 2.75) is 6.54 Å². The standard InChI is InChI=1S/C17H17N3O5/c1-24-13-4-2-12(3-5-13)19-17(23)20-6-7-25-15-8-11(16(21)22)9-18-14(15)10-20/h2-5,8-9H,6-7,10H2,1H3,(H,19,23)(H,21,22). The molecule has 1 aliphatic rings. The Morgan fingerprint density at radius 3 is 2.76 bits per heavy atom. The van der Waals surface area contributed by atoms with Gasteiger partial charge in [0.2, 0.25) is 0 Å². The fourth-order valence-corrected chi connectivity index (χ4v) is 2.41. The van der Waals surface area contributed by atoms with E-state index in [1.54, 1.807) is 36.3 Å². The number of ether oxygens (including phenoxy) is 2. The maximum atomic E-state index is 12.5. The molecule has 130 valence electrons. The minimum absolute atomic E-state index is 0.0508. The Hall–Kier alpha value is -3.29. The molecular weight excluding hydrogens is 326 g/mol. The van der Waals surface area contributed by atoms with E-state index in [1.807, 2.05) is 0 Å². The Morgan fingerprint density at radius 2 is 2.08 bits per heavy atom. The monoisotopic (exact) mass is 343 g/mol. The van der Waals surface area contributed by atoms with Gasteiger partial charge >= 0.3 is 12.0 Å². The summed E-state index contributed by atoms with van der Waals surface area (Å²) in [5.41, 5.74) is 1.22. The van der Waals surface area contributed by atoms with Gasteiger partial charge in [0.1, 0.15) is 23.8 Å². The van der Waals surface area contributed by atoms with Gasteiger partial charge in [0.25, 0.3) is 0 Å². The van der Waals surface area contributed by atoms with Crippen LogP contribution in [0.25, 0.3) is 0 Å². The molecule has 8 nitrogen and oxygen atoms in total. The first-order valence-electron chi connectivity index (χ1n) is 7.62. The van der Waals surface area contributed by atoms with Gasteiger partial charge in [-0.15, -0.1) is 0 Å². The number of carboxylic acid groups (broad SMARTS) is 1. The number of aromatic carboxylic acids is 1. The van der Waals surface area contributed by atoms with Gasteiger partial charge in [-0.2, -0.15) is 0 Å². The summed E-state index contributed by atoms with van der Waals surface area (Å²) in [7, 11) is 1.57. The van der Waals surface area contributed by atoms with Crippen molar-refractivity contribution >= 4 is 17.7 Å². The normalized spacial score (nSPS) is 13.2. The fourth-order valence-electron chi connectivity index (χ4n) is 2.41. The van der Waals surface area contributed by atoms with Crippen molar-refractivity contribution in [2.75, 3.05) is 25.6 Å². The van der Waals surface area contributed by atoms with Gasteiger partial charge in [-0.1, -0.05) is 0 Å². The van der Waals surface area contributed by atoms with Crippen LogP contribution in [0.4, 0.5) is 10.5 Å². The second-order valence-corrected chi connectivity index (χ2v) is 5.40. The van der Waals surface area contributed by atoms with E-state index in [0.717, 1.165) is 0 Å². The van der Waals surface area contributed by atoms with Gasteiger partial charge in [-0.3, -0.25) is 4.98 Å². The number of nitrogens with zero attached hydrogens (tertiary/aromatic N) is 2. The lowest BCUT2D eigenvalue weighted by Crippen LogP contribution is -2.36. The largest absolute Gasteiger partial charge is 0.497 e. The summed E-state index contributed by atoms with van der Waals surface area (Å²) < 4.78 is 10.6. The van der Waals surface area contributed by atoms with Gasteiger partial charge in [0.15, 0.2) is 0 Å². The fraction of sp³-hybridized carbons (Fsp3) is 0.235. The molecule has 0 unspecified atom stereocenters. The third-order valence-electron chi connectivity index (χ3n) is 3.77. The molecule has 0 saturated carbocycles. The van der Waals surface area contributed by atoms with E-state index < -0.39 is 5.97 Å². The molecule has 8 heteroatoms. The van der Waals surface area contributed by atoms with Crippen molar-refractivity contribution in [3.05, 3.63) is 47.8 Å². The number of hydrogen-bond acceptors (Lipinski definition) is 5. The summed E-state index contributed by atoms with van der Waals surface area (Å²) in [4.78, 5) is 29.2. The SMILES string of the molecule is COc1ccc(NC(=O)N2CCOc3cc(C(=O)O)cnc3C2)cc1. The zero-order valence-electron chi connectivity index (χ0n) is 13.6. The Labute approximate surface area is 144 Å². The van der Waals surface area contributed by atoms with Crippen LogP contribution < -0.4 is 14.8 Å². The van der Waals surface area contributed by atoms with E-state index in [0.29, 0.717) is 29.4 Å². The van der Waals surface area contributed by atoms with E-state index in [2.05, 4.69) is 10.3 Å². The van der Waals surface area contributed by atoms with E-state index in [9.17, 15) is 9.59 Å². The zero-order chi connectivity index (χ0) is 17.8. The van der Waals surface area contributed by atoms with Crippen LogP contribution in [0, 0.1) is 0 Å². The molecule has 3 rings (SSSR count). The van der Waals surface area contributed by atoms with E-state index in [1.165, 1.54) is 12.3 Å². The molecular formula is C17H17N3O5. The summed E-state index contributed by atoms with van der Waals surface area (Å²) in [6.07, 6.45) is 1.26. The molecule has 25 heavy (non-hydrogen) atoms. The summed E-state index contributed by atoms with van der Waals surface area (Å²) in [6.45, 7) is 0.853. The summed E-state index contributed by atoms with van der Waals surface area (Å²) in [5.74, 6) is 0.0189. The molecule has 1 aromatic carbocycles. The number of nitrogens with one attached hydrogen (secondary N) is 1.